The lowest BCUT2D eigenvalue weighted by molar-refractivity contribution is -0.142. The van der Waals surface area contributed by atoms with Gasteiger partial charge in [-0.25, -0.2) is 18.0 Å². The summed E-state index contributed by atoms with van der Waals surface area (Å²) < 4.78 is 56.8. The Hall–Kier alpha value is -3.04. The number of carboxylic acid groups (broad SMARTS) is 1. The van der Waals surface area contributed by atoms with Gasteiger partial charge in [0, 0.05) is 53.5 Å². The van der Waals surface area contributed by atoms with Gasteiger partial charge in [-0.1, -0.05) is 18.2 Å². The maximum Gasteiger partial charge on any atom is 0.329 e. The van der Waals surface area contributed by atoms with Gasteiger partial charge in [-0.3, -0.25) is 4.90 Å². The lowest BCUT2D eigenvalue weighted by Crippen LogP contribution is -2.48. The molecule has 0 spiro atoms. The molecule has 0 bridgehead atoms. The predicted octanol–water partition coefficient (Wildman–Crippen LogP) is 6.18. The molecule has 0 saturated heterocycles. The number of aromatic nitrogens is 1. The van der Waals surface area contributed by atoms with Crippen molar-refractivity contribution in [1.82, 2.24) is 9.88 Å². The van der Waals surface area contributed by atoms with Crippen molar-refractivity contribution in [3.05, 3.63) is 64.9 Å². The van der Waals surface area contributed by atoms with Crippen LogP contribution in [0.1, 0.15) is 62.9 Å². The van der Waals surface area contributed by atoms with Crippen molar-refractivity contribution in [3.8, 4) is 5.75 Å². The molecule has 38 heavy (non-hydrogen) atoms. The standard InChI is InChI=1S/C29H35F3N2O4/c1-18-13-21-20-9-5-6-10-24(20)33-27(21)28(34(18)17-29(2,3)32)26-22(30)14-19(15-23(26)31)38-12-8-4-7-11-37-16-25(35)36/h5-6,9-10,14-15,18,28,33H,4,7-8,11-13,16-17H2,1-3H3,(H,35,36)/t18-,28-/m1/s1. The lowest BCUT2D eigenvalue weighted by Gasteiger charge is -2.43. The number of halogens is 3. The molecular formula is C29H35F3N2O4. The number of rotatable bonds is 12. The fraction of sp³-hybridized carbons (Fsp3) is 0.483. The highest BCUT2D eigenvalue weighted by Gasteiger charge is 2.41. The molecule has 2 aromatic carbocycles. The Balaban J connectivity index is 1.56. The van der Waals surface area contributed by atoms with Gasteiger partial charge in [0.25, 0.3) is 0 Å². The van der Waals surface area contributed by atoms with E-state index in [9.17, 15) is 9.18 Å². The number of carbonyl (C=O) groups is 1. The van der Waals surface area contributed by atoms with Crippen LogP contribution in [0.3, 0.4) is 0 Å². The number of H-pyrrole nitrogens is 1. The van der Waals surface area contributed by atoms with Crippen molar-refractivity contribution >= 4 is 16.9 Å². The highest BCUT2D eigenvalue weighted by atomic mass is 19.1. The fourth-order valence-corrected chi connectivity index (χ4v) is 5.24. The molecule has 6 nitrogen and oxygen atoms in total. The molecule has 0 saturated carbocycles. The van der Waals surface area contributed by atoms with E-state index in [4.69, 9.17) is 14.6 Å². The predicted molar refractivity (Wildman–Crippen MR) is 139 cm³/mol. The number of aliphatic carboxylic acids is 1. The maximum absolute atomic E-state index is 15.6. The van der Waals surface area contributed by atoms with Gasteiger partial charge in [-0.2, -0.15) is 0 Å². The van der Waals surface area contributed by atoms with Crippen LogP contribution in [0.5, 0.6) is 5.75 Å². The number of ether oxygens (including phenoxy) is 2. The molecule has 3 aromatic rings. The Kier molecular flexibility index (Phi) is 8.67. The van der Waals surface area contributed by atoms with E-state index < -0.39 is 29.3 Å². The Bertz CT molecular complexity index is 1250. The smallest absolute Gasteiger partial charge is 0.329 e. The summed E-state index contributed by atoms with van der Waals surface area (Å²) in [6.45, 7) is 5.17. The van der Waals surface area contributed by atoms with Crippen molar-refractivity contribution in [2.24, 2.45) is 0 Å². The zero-order valence-electron chi connectivity index (χ0n) is 22.0. The molecule has 206 valence electrons. The molecule has 2 atom stereocenters. The summed E-state index contributed by atoms with van der Waals surface area (Å²) in [6, 6.07) is 9.17. The highest BCUT2D eigenvalue weighted by Crippen LogP contribution is 2.43. The number of hydrogen-bond acceptors (Lipinski definition) is 4. The van der Waals surface area contributed by atoms with Crippen molar-refractivity contribution < 1.29 is 32.5 Å². The number of para-hydroxylation sites is 1. The number of alkyl halides is 1. The minimum Gasteiger partial charge on any atom is -0.493 e. The normalized spacial score (nSPS) is 18.1. The van der Waals surface area contributed by atoms with Gasteiger partial charge in [0.05, 0.1) is 12.6 Å². The van der Waals surface area contributed by atoms with Gasteiger partial charge in [-0.05, 0) is 58.1 Å². The quantitative estimate of drug-likeness (QED) is 0.273. The summed E-state index contributed by atoms with van der Waals surface area (Å²) in [5.74, 6) is -2.41. The van der Waals surface area contributed by atoms with Gasteiger partial charge in [0.1, 0.15) is 29.7 Å². The van der Waals surface area contributed by atoms with E-state index in [-0.39, 0.29) is 37.1 Å². The topological polar surface area (TPSA) is 74.8 Å². The van der Waals surface area contributed by atoms with Crippen molar-refractivity contribution in [3.63, 3.8) is 0 Å². The third-order valence-electron chi connectivity index (χ3n) is 6.83. The largest absolute Gasteiger partial charge is 0.493 e. The number of carboxylic acids is 1. The third-order valence-corrected chi connectivity index (χ3v) is 6.83. The summed E-state index contributed by atoms with van der Waals surface area (Å²) in [5, 5.41) is 9.57. The minimum atomic E-state index is -1.56. The number of hydrogen-bond donors (Lipinski definition) is 2. The molecule has 1 aliphatic rings. The summed E-state index contributed by atoms with van der Waals surface area (Å²) in [7, 11) is 0. The molecule has 0 amide bonds. The van der Waals surface area contributed by atoms with E-state index in [1.54, 1.807) is 0 Å². The molecule has 0 fully saturated rings. The zero-order chi connectivity index (χ0) is 27.4. The van der Waals surface area contributed by atoms with Crippen LogP contribution in [-0.4, -0.2) is 59.0 Å². The van der Waals surface area contributed by atoms with Gasteiger partial charge in [-0.15, -0.1) is 0 Å². The minimum absolute atomic E-state index is 0.0148. The monoisotopic (exact) mass is 532 g/mol. The lowest BCUT2D eigenvalue weighted by atomic mass is 9.87. The van der Waals surface area contributed by atoms with E-state index in [1.165, 1.54) is 26.0 Å². The molecule has 2 heterocycles. The molecular weight excluding hydrogens is 497 g/mol. The van der Waals surface area contributed by atoms with Crippen LogP contribution in [-0.2, 0) is 16.0 Å². The van der Waals surface area contributed by atoms with Crippen LogP contribution in [0, 0.1) is 11.6 Å². The van der Waals surface area contributed by atoms with Crippen molar-refractivity contribution in [2.75, 3.05) is 26.4 Å². The van der Waals surface area contributed by atoms with Crippen LogP contribution in [0.15, 0.2) is 36.4 Å². The van der Waals surface area contributed by atoms with Gasteiger partial charge in [0.2, 0.25) is 0 Å². The summed E-state index contributed by atoms with van der Waals surface area (Å²) in [4.78, 5) is 15.6. The molecule has 0 unspecified atom stereocenters. The Morgan fingerprint density at radius 3 is 2.50 bits per heavy atom. The van der Waals surface area contributed by atoms with Crippen LogP contribution in [0.25, 0.3) is 10.9 Å². The van der Waals surface area contributed by atoms with E-state index in [0.29, 0.717) is 31.6 Å². The molecule has 0 aliphatic carbocycles. The van der Waals surface area contributed by atoms with E-state index in [0.717, 1.165) is 22.9 Å². The highest BCUT2D eigenvalue weighted by molar-refractivity contribution is 5.85. The zero-order valence-corrected chi connectivity index (χ0v) is 22.0. The Morgan fingerprint density at radius 1 is 1.13 bits per heavy atom. The van der Waals surface area contributed by atoms with Crippen LogP contribution < -0.4 is 4.74 Å². The number of unbranched alkanes of at least 4 members (excludes halogenated alkanes) is 2. The van der Waals surface area contributed by atoms with Crippen molar-refractivity contribution in [1.29, 1.82) is 0 Å². The Morgan fingerprint density at radius 2 is 1.82 bits per heavy atom. The van der Waals surface area contributed by atoms with E-state index >= 15 is 8.78 Å². The summed E-state index contributed by atoms with van der Waals surface area (Å²) in [5.41, 5.74) is 0.870. The second kappa shape index (κ2) is 11.8. The number of aromatic amines is 1. The number of nitrogens with one attached hydrogen (secondary N) is 1. The number of benzene rings is 2. The first-order valence-corrected chi connectivity index (χ1v) is 13.0. The van der Waals surface area contributed by atoms with Crippen LogP contribution in [0.4, 0.5) is 13.2 Å². The summed E-state index contributed by atoms with van der Waals surface area (Å²) >= 11 is 0. The maximum atomic E-state index is 15.6. The van der Waals surface area contributed by atoms with E-state index in [1.807, 2.05) is 36.1 Å². The average molecular weight is 533 g/mol. The first-order valence-electron chi connectivity index (χ1n) is 13.0. The second-order valence-electron chi connectivity index (χ2n) is 10.6. The van der Waals surface area contributed by atoms with Gasteiger partial charge < -0.3 is 19.6 Å². The molecule has 1 aromatic heterocycles. The summed E-state index contributed by atoms with van der Waals surface area (Å²) in [6.07, 6.45) is 2.64. The average Bonchev–Trinajstić information content (AvgIpc) is 3.19. The molecule has 1 aliphatic heterocycles. The van der Waals surface area contributed by atoms with Crippen molar-refractivity contribution in [2.45, 2.75) is 64.2 Å². The molecule has 0 radical (unpaired) electrons. The number of nitrogens with zero attached hydrogens (tertiary/aromatic N) is 1. The fourth-order valence-electron chi connectivity index (χ4n) is 5.24. The molecule has 2 N–H and O–H groups in total. The molecule has 4 rings (SSSR count). The molecule has 9 heteroatoms. The van der Waals surface area contributed by atoms with Crippen LogP contribution in [0.2, 0.25) is 0 Å². The van der Waals surface area contributed by atoms with Gasteiger partial charge >= 0.3 is 5.97 Å². The Labute approximate surface area is 220 Å². The first-order chi connectivity index (χ1) is 18.0. The SMILES string of the molecule is C[C@@H]1Cc2c([nH]c3ccccc23)[C@@H](c2c(F)cc(OCCCCCOCC(=O)O)cc2F)N1CC(C)(C)F. The first kappa shape index (κ1) is 28.0. The van der Waals surface area contributed by atoms with E-state index in [2.05, 4.69) is 4.98 Å². The van der Waals surface area contributed by atoms with Crippen LogP contribution >= 0.6 is 0 Å². The number of fused-ring (bicyclic) bond motifs is 3. The second-order valence-corrected chi connectivity index (χ2v) is 10.6. The third kappa shape index (κ3) is 6.50. The van der Waals surface area contributed by atoms with Gasteiger partial charge in [0.15, 0.2) is 0 Å².